The van der Waals surface area contributed by atoms with Gasteiger partial charge in [0, 0.05) is 6.54 Å². The Kier molecular flexibility index (Phi) is 4.49. The number of anilines is 2. The molecular formula is C8H11F2N5O2. The maximum absolute atomic E-state index is 12.0. The fourth-order valence-electron chi connectivity index (χ4n) is 1.06. The van der Waals surface area contributed by atoms with Crippen LogP contribution in [0.15, 0.2) is 6.20 Å². The number of halogens is 2. The van der Waals surface area contributed by atoms with Crippen LogP contribution in [0.5, 0.6) is 0 Å². The summed E-state index contributed by atoms with van der Waals surface area (Å²) in [4.78, 5) is 17.3. The lowest BCUT2D eigenvalue weighted by Gasteiger charge is -2.07. The molecule has 0 aliphatic rings. The number of aromatic nitrogens is 2. The Hall–Kier alpha value is -2.06. The maximum Gasteiger partial charge on any atom is 0.329 e. The van der Waals surface area contributed by atoms with E-state index in [-0.39, 0.29) is 11.8 Å². The summed E-state index contributed by atoms with van der Waals surface area (Å²) in [5.41, 5.74) is -0.438. The molecule has 0 spiro atoms. The highest BCUT2D eigenvalue weighted by Crippen LogP contribution is 2.21. The zero-order chi connectivity index (χ0) is 12.8. The SMILES string of the molecule is CCNc1ncc([N+](=O)[O-])c(NCC(F)F)n1. The van der Waals surface area contributed by atoms with Gasteiger partial charge in [-0.3, -0.25) is 10.1 Å². The van der Waals surface area contributed by atoms with Crippen molar-refractivity contribution in [1.29, 1.82) is 0 Å². The summed E-state index contributed by atoms with van der Waals surface area (Å²) in [7, 11) is 0. The Balaban J connectivity index is 2.94. The van der Waals surface area contributed by atoms with Crippen LogP contribution in [0.1, 0.15) is 6.92 Å². The second-order valence-corrected chi connectivity index (χ2v) is 2.99. The highest BCUT2D eigenvalue weighted by molar-refractivity contribution is 5.56. The first-order valence-corrected chi connectivity index (χ1v) is 4.82. The smallest absolute Gasteiger partial charge is 0.329 e. The molecule has 1 aromatic rings. The number of nitrogens with zero attached hydrogens (tertiary/aromatic N) is 3. The molecule has 0 unspecified atom stereocenters. The lowest BCUT2D eigenvalue weighted by atomic mass is 10.4. The van der Waals surface area contributed by atoms with Crippen molar-refractivity contribution < 1.29 is 13.7 Å². The first kappa shape index (κ1) is 13.0. The normalized spacial score (nSPS) is 10.4. The minimum atomic E-state index is -2.62. The van der Waals surface area contributed by atoms with Gasteiger partial charge in [0.15, 0.2) is 0 Å². The summed E-state index contributed by atoms with van der Waals surface area (Å²) >= 11 is 0. The van der Waals surface area contributed by atoms with E-state index in [0.717, 1.165) is 6.20 Å². The van der Waals surface area contributed by atoms with Gasteiger partial charge in [-0.25, -0.2) is 13.8 Å². The molecule has 0 saturated heterocycles. The highest BCUT2D eigenvalue weighted by Gasteiger charge is 2.18. The van der Waals surface area contributed by atoms with Crippen molar-refractivity contribution in [3.8, 4) is 0 Å². The zero-order valence-corrected chi connectivity index (χ0v) is 8.98. The van der Waals surface area contributed by atoms with Gasteiger partial charge in [0.2, 0.25) is 11.8 Å². The Morgan fingerprint density at radius 3 is 2.76 bits per heavy atom. The molecule has 0 aliphatic carbocycles. The van der Waals surface area contributed by atoms with E-state index in [1.54, 1.807) is 6.92 Å². The fourth-order valence-corrected chi connectivity index (χ4v) is 1.06. The van der Waals surface area contributed by atoms with E-state index in [1.165, 1.54) is 0 Å². The van der Waals surface area contributed by atoms with Crippen molar-refractivity contribution in [2.45, 2.75) is 13.3 Å². The standard InChI is InChI=1S/C8H11F2N5O2/c1-2-11-8-13-3-5(15(16)17)7(14-8)12-4-6(9)10/h3,6H,2,4H2,1H3,(H2,11,12,13,14). The van der Waals surface area contributed by atoms with Gasteiger partial charge in [0.05, 0.1) is 11.5 Å². The van der Waals surface area contributed by atoms with E-state index in [9.17, 15) is 18.9 Å². The van der Waals surface area contributed by atoms with Crippen LogP contribution in [0.25, 0.3) is 0 Å². The second-order valence-electron chi connectivity index (χ2n) is 2.99. The molecule has 0 atom stereocenters. The average Bonchev–Trinajstić information content (AvgIpc) is 2.26. The van der Waals surface area contributed by atoms with Crippen molar-refractivity contribution >= 4 is 17.5 Å². The molecular weight excluding hydrogens is 236 g/mol. The van der Waals surface area contributed by atoms with Gasteiger partial charge < -0.3 is 10.6 Å². The maximum atomic E-state index is 12.0. The van der Waals surface area contributed by atoms with E-state index in [4.69, 9.17) is 0 Å². The van der Waals surface area contributed by atoms with Gasteiger partial charge in [-0.05, 0) is 6.92 Å². The molecule has 0 fully saturated rings. The topological polar surface area (TPSA) is 93.0 Å². The first-order chi connectivity index (χ1) is 8.04. The summed E-state index contributed by atoms with van der Waals surface area (Å²) in [5, 5.41) is 15.6. The molecule has 1 rings (SSSR count). The summed E-state index contributed by atoms with van der Waals surface area (Å²) in [6.45, 7) is 1.60. The number of nitrogens with one attached hydrogen (secondary N) is 2. The van der Waals surface area contributed by atoms with E-state index in [0.29, 0.717) is 6.54 Å². The fraction of sp³-hybridized carbons (Fsp3) is 0.500. The average molecular weight is 247 g/mol. The molecule has 7 nitrogen and oxygen atoms in total. The van der Waals surface area contributed by atoms with Gasteiger partial charge in [0.1, 0.15) is 6.20 Å². The van der Waals surface area contributed by atoms with Gasteiger partial charge in [0.25, 0.3) is 6.43 Å². The van der Waals surface area contributed by atoms with E-state index in [1.807, 2.05) is 0 Å². The lowest BCUT2D eigenvalue weighted by Crippen LogP contribution is -2.14. The van der Waals surface area contributed by atoms with Crippen LogP contribution >= 0.6 is 0 Å². The summed E-state index contributed by atoms with van der Waals surface area (Å²) in [5.74, 6) is -0.0730. The number of alkyl halides is 2. The molecule has 1 heterocycles. The predicted molar refractivity (Wildman–Crippen MR) is 57.3 cm³/mol. The minimum absolute atomic E-state index is 0.148. The van der Waals surface area contributed by atoms with Crippen LogP contribution in [0.2, 0.25) is 0 Å². The Labute approximate surface area is 95.4 Å². The third-order valence-electron chi connectivity index (χ3n) is 1.72. The number of nitro groups is 1. The Morgan fingerprint density at radius 2 is 2.24 bits per heavy atom. The number of rotatable bonds is 6. The van der Waals surface area contributed by atoms with Gasteiger partial charge in [-0.15, -0.1) is 0 Å². The van der Waals surface area contributed by atoms with Crippen LogP contribution in [0.4, 0.5) is 26.2 Å². The molecule has 0 aromatic carbocycles. The van der Waals surface area contributed by atoms with Gasteiger partial charge >= 0.3 is 5.69 Å². The lowest BCUT2D eigenvalue weighted by molar-refractivity contribution is -0.384. The molecule has 0 bridgehead atoms. The van der Waals surface area contributed by atoms with Crippen molar-refractivity contribution in [3.63, 3.8) is 0 Å². The van der Waals surface area contributed by atoms with Gasteiger partial charge in [-0.2, -0.15) is 4.98 Å². The number of hydrogen-bond acceptors (Lipinski definition) is 6. The van der Waals surface area contributed by atoms with Crippen LogP contribution in [0.3, 0.4) is 0 Å². The molecule has 0 amide bonds. The first-order valence-electron chi connectivity index (χ1n) is 4.82. The molecule has 0 saturated carbocycles. The molecule has 0 aliphatic heterocycles. The summed E-state index contributed by atoms with van der Waals surface area (Å²) in [6, 6.07) is 0. The van der Waals surface area contributed by atoms with E-state index < -0.39 is 23.6 Å². The molecule has 17 heavy (non-hydrogen) atoms. The molecule has 0 radical (unpaired) electrons. The third-order valence-corrected chi connectivity index (χ3v) is 1.72. The van der Waals surface area contributed by atoms with Crippen molar-refractivity contribution in [1.82, 2.24) is 9.97 Å². The predicted octanol–water partition coefficient (Wildman–Crippen LogP) is 1.49. The second kappa shape index (κ2) is 5.87. The third kappa shape index (κ3) is 3.78. The van der Waals surface area contributed by atoms with E-state index in [2.05, 4.69) is 20.6 Å². The van der Waals surface area contributed by atoms with Crippen molar-refractivity contribution in [2.75, 3.05) is 23.7 Å². The van der Waals surface area contributed by atoms with Crippen LogP contribution in [0, 0.1) is 10.1 Å². The quantitative estimate of drug-likeness (QED) is 0.584. The monoisotopic (exact) mass is 247 g/mol. The van der Waals surface area contributed by atoms with Crippen LogP contribution < -0.4 is 10.6 Å². The molecule has 94 valence electrons. The number of hydrogen-bond donors (Lipinski definition) is 2. The zero-order valence-electron chi connectivity index (χ0n) is 8.98. The largest absolute Gasteiger partial charge is 0.358 e. The van der Waals surface area contributed by atoms with Crippen LogP contribution in [-0.2, 0) is 0 Å². The molecule has 1 aromatic heterocycles. The Bertz CT molecular complexity index is 402. The summed E-state index contributed by atoms with van der Waals surface area (Å²) < 4.78 is 24.0. The van der Waals surface area contributed by atoms with Crippen molar-refractivity contribution in [2.24, 2.45) is 0 Å². The highest BCUT2D eigenvalue weighted by atomic mass is 19.3. The van der Waals surface area contributed by atoms with E-state index >= 15 is 0 Å². The van der Waals surface area contributed by atoms with Crippen molar-refractivity contribution in [3.05, 3.63) is 16.3 Å². The molecule has 2 N–H and O–H groups in total. The minimum Gasteiger partial charge on any atom is -0.358 e. The summed E-state index contributed by atoms with van der Waals surface area (Å²) in [6.07, 6.45) is -1.65. The van der Waals surface area contributed by atoms with Gasteiger partial charge in [-0.1, -0.05) is 0 Å². The Morgan fingerprint density at radius 1 is 1.53 bits per heavy atom. The van der Waals surface area contributed by atoms with Crippen LogP contribution in [-0.4, -0.2) is 34.4 Å². The molecule has 9 heteroatoms.